The summed E-state index contributed by atoms with van der Waals surface area (Å²) in [6.07, 6.45) is 0. The Bertz CT molecular complexity index is 876. The van der Waals surface area contributed by atoms with Gasteiger partial charge < -0.3 is 19.5 Å². The smallest absolute Gasteiger partial charge is 0.261 e. The summed E-state index contributed by atoms with van der Waals surface area (Å²) in [5.41, 5.74) is 0.826. The molecule has 3 rings (SSSR count). The second-order valence-electron chi connectivity index (χ2n) is 5.24. The molecule has 0 bridgehead atoms. The third-order valence-corrected chi connectivity index (χ3v) is 4.19. The van der Waals surface area contributed by atoms with Gasteiger partial charge in [-0.15, -0.1) is 0 Å². The molecule has 0 unspecified atom stereocenters. The molecular formula is C17H14Cl2N2O4S. The van der Waals surface area contributed by atoms with Crippen molar-refractivity contribution in [1.29, 1.82) is 0 Å². The average molecular weight is 413 g/mol. The third kappa shape index (κ3) is 4.12. The minimum atomic E-state index is -0.499. The standard InChI is InChI=1S/C17H14Cl2N2O4S/c1-23-15-11(6-9(18)7-12(15)19)16(22)21-17(26)20-10-2-3-13-14(8-10)25-5-4-24-13/h2-3,6-8H,4-5H2,1H3,(H2,20,21,22,26). The van der Waals surface area contributed by atoms with Crippen molar-refractivity contribution in [2.75, 3.05) is 25.6 Å². The first-order valence-electron chi connectivity index (χ1n) is 7.53. The van der Waals surface area contributed by atoms with Crippen molar-refractivity contribution in [3.8, 4) is 17.2 Å². The molecule has 0 saturated carbocycles. The normalized spacial score (nSPS) is 12.3. The van der Waals surface area contributed by atoms with E-state index in [4.69, 9.17) is 49.6 Å². The van der Waals surface area contributed by atoms with Crippen LogP contribution in [0.5, 0.6) is 17.2 Å². The number of fused-ring (bicyclic) bond motifs is 1. The van der Waals surface area contributed by atoms with E-state index in [1.54, 1.807) is 18.2 Å². The number of carbonyl (C=O) groups is 1. The van der Waals surface area contributed by atoms with Gasteiger partial charge in [0.2, 0.25) is 0 Å². The lowest BCUT2D eigenvalue weighted by molar-refractivity contribution is 0.0975. The van der Waals surface area contributed by atoms with Crippen LogP contribution in [-0.2, 0) is 0 Å². The summed E-state index contributed by atoms with van der Waals surface area (Å²) < 4.78 is 16.1. The number of ether oxygens (including phenoxy) is 3. The Labute approximate surface area is 165 Å². The van der Waals surface area contributed by atoms with Crippen molar-refractivity contribution in [2.45, 2.75) is 0 Å². The Hall–Kier alpha value is -2.22. The highest BCUT2D eigenvalue weighted by Gasteiger charge is 2.18. The van der Waals surface area contributed by atoms with Crippen LogP contribution >= 0.6 is 35.4 Å². The third-order valence-electron chi connectivity index (χ3n) is 3.48. The van der Waals surface area contributed by atoms with Gasteiger partial charge in [0.15, 0.2) is 16.6 Å². The van der Waals surface area contributed by atoms with Crippen LogP contribution in [-0.4, -0.2) is 31.3 Å². The fourth-order valence-electron chi connectivity index (χ4n) is 2.39. The molecule has 0 aliphatic carbocycles. The quantitative estimate of drug-likeness (QED) is 0.744. The Morgan fingerprint density at radius 3 is 2.62 bits per heavy atom. The van der Waals surface area contributed by atoms with Gasteiger partial charge in [-0.2, -0.15) is 0 Å². The van der Waals surface area contributed by atoms with Gasteiger partial charge >= 0.3 is 0 Å². The molecule has 0 fully saturated rings. The lowest BCUT2D eigenvalue weighted by Gasteiger charge is -2.19. The molecular weight excluding hydrogens is 399 g/mol. The molecule has 0 spiro atoms. The summed E-state index contributed by atoms with van der Waals surface area (Å²) in [6, 6.07) is 8.21. The lowest BCUT2D eigenvalue weighted by Crippen LogP contribution is -2.34. The zero-order valence-electron chi connectivity index (χ0n) is 13.6. The number of rotatable bonds is 3. The maximum atomic E-state index is 12.5. The van der Waals surface area contributed by atoms with Crippen LogP contribution in [0.2, 0.25) is 10.0 Å². The van der Waals surface area contributed by atoms with Crippen LogP contribution in [0.3, 0.4) is 0 Å². The molecule has 1 aliphatic rings. The molecule has 9 heteroatoms. The molecule has 1 amide bonds. The van der Waals surface area contributed by atoms with E-state index in [9.17, 15) is 4.79 Å². The zero-order valence-corrected chi connectivity index (χ0v) is 15.9. The minimum absolute atomic E-state index is 0.102. The highest BCUT2D eigenvalue weighted by molar-refractivity contribution is 7.80. The minimum Gasteiger partial charge on any atom is -0.494 e. The Morgan fingerprint density at radius 1 is 1.15 bits per heavy atom. The predicted octanol–water partition coefficient (Wildman–Crippen LogP) is 3.90. The number of hydrogen-bond acceptors (Lipinski definition) is 5. The molecule has 136 valence electrons. The van der Waals surface area contributed by atoms with Crippen LogP contribution in [0, 0.1) is 0 Å². The van der Waals surface area contributed by atoms with Crippen LogP contribution in [0.4, 0.5) is 5.69 Å². The van der Waals surface area contributed by atoms with Crippen LogP contribution in [0.1, 0.15) is 10.4 Å². The van der Waals surface area contributed by atoms with E-state index in [1.165, 1.54) is 19.2 Å². The maximum absolute atomic E-state index is 12.5. The highest BCUT2D eigenvalue weighted by Crippen LogP contribution is 2.33. The highest BCUT2D eigenvalue weighted by atomic mass is 35.5. The van der Waals surface area contributed by atoms with E-state index in [-0.39, 0.29) is 21.4 Å². The van der Waals surface area contributed by atoms with Gasteiger partial charge in [0.05, 0.1) is 17.7 Å². The van der Waals surface area contributed by atoms with Crippen molar-refractivity contribution in [3.05, 3.63) is 45.9 Å². The van der Waals surface area contributed by atoms with Gasteiger partial charge in [0.1, 0.15) is 19.0 Å². The number of carbonyl (C=O) groups excluding carboxylic acids is 1. The molecule has 0 radical (unpaired) electrons. The van der Waals surface area contributed by atoms with Crippen LogP contribution < -0.4 is 24.8 Å². The summed E-state index contributed by atoms with van der Waals surface area (Å²) in [5, 5.41) is 6.13. The Balaban J connectivity index is 1.71. The number of thiocarbonyl (C=S) groups is 1. The van der Waals surface area contributed by atoms with Gasteiger partial charge in [-0.1, -0.05) is 23.2 Å². The zero-order chi connectivity index (χ0) is 18.7. The fraction of sp³-hybridized carbons (Fsp3) is 0.176. The largest absolute Gasteiger partial charge is 0.494 e. The molecule has 26 heavy (non-hydrogen) atoms. The van der Waals surface area contributed by atoms with Crippen molar-refractivity contribution in [2.24, 2.45) is 0 Å². The van der Waals surface area contributed by atoms with Crippen molar-refractivity contribution in [1.82, 2.24) is 5.32 Å². The van der Waals surface area contributed by atoms with E-state index in [1.807, 2.05) is 0 Å². The topological polar surface area (TPSA) is 68.8 Å². The molecule has 6 nitrogen and oxygen atoms in total. The SMILES string of the molecule is COc1c(Cl)cc(Cl)cc1C(=O)NC(=S)Nc1ccc2c(c1)OCCO2. The van der Waals surface area contributed by atoms with E-state index in [0.717, 1.165) is 0 Å². The first-order chi connectivity index (χ1) is 12.5. The molecule has 2 aromatic carbocycles. The van der Waals surface area contributed by atoms with Gasteiger partial charge in [0, 0.05) is 16.8 Å². The number of benzene rings is 2. The van der Waals surface area contributed by atoms with Gasteiger partial charge in [-0.3, -0.25) is 10.1 Å². The summed E-state index contributed by atoms with van der Waals surface area (Å²) >= 11 is 17.2. The number of anilines is 1. The lowest BCUT2D eigenvalue weighted by atomic mass is 10.2. The Morgan fingerprint density at radius 2 is 1.88 bits per heavy atom. The van der Waals surface area contributed by atoms with E-state index < -0.39 is 5.91 Å². The van der Waals surface area contributed by atoms with Crippen molar-refractivity contribution < 1.29 is 19.0 Å². The molecule has 2 aromatic rings. The van der Waals surface area contributed by atoms with E-state index in [2.05, 4.69) is 10.6 Å². The Kier molecular flexibility index (Phi) is 5.70. The average Bonchev–Trinajstić information content (AvgIpc) is 2.60. The number of hydrogen-bond donors (Lipinski definition) is 2. The molecule has 0 atom stereocenters. The van der Waals surface area contributed by atoms with Crippen LogP contribution in [0.25, 0.3) is 0 Å². The van der Waals surface area contributed by atoms with Crippen LogP contribution in [0.15, 0.2) is 30.3 Å². The summed E-state index contributed by atoms with van der Waals surface area (Å²) in [6.45, 7) is 0.991. The molecule has 0 saturated heterocycles. The monoisotopic (exact) mass is 412 g/mol. The first-order valence-corrected chi connectivity index (χ1v) is 8.69. The molecule has 1 heterocycles. The number of methoxy groups -OCH3 is 1. The number of amides is 1. The molecule has 2 N–H and O–H groups in total. The van der Waals surface area contributed by atoms with Gasteiger partial charge in [0.25, 0.3) is 5.91 Å². The maximum Gasteiger partial charge on any atom is 0.261 e. The molecule has 1 aliphatic heterocycles. The fourth-order valence-corrected chi connectivity index (χ4v) is 3.17. The van der Waals surface area contributed by atoms with Gasteiger partial charge in [-0.25, -0.2) is 0 Å². The second-order valence-corrected chi connectivity index (χ2v) is 6.49. The van der Waals surface area contributed by atoms with Crippen molar-refractivity contribution >= 4 is 52.1 Å². The summed E-state index contributed by atoms with van der Waals surface area (Å²) in [5.74, 6) is 0.991. The summed E-state index contributed by atoms with van der Waals surface area (Å²) in [7, 11) is 1.41. The number of nitrogens with one attached hydrogen (secondary N) is 2. The van der Waals surface area contributed by atoms with Gasteiger partial charge in [-0.05, 0) is 36.5 Å². The molecule has 0 aromatic heterocycles. The first kappa shape index (κ1) is 18.6. The number of halogens is 2. The van der Waals surface area contributed by atoms with E-state index >= 15 is 0 Å². The van der Waals surface area contributed by atoms with Crippen molar-refractivity contribution in [3.63, 3.8) is 0 Å². The second kappa shape index (κ2) is 7.99. The predicted molar refractivity (Wildman–Crippen MR) is 104 cm³/mol. The van der Waals surface area contributed by atoms with E-state index in [0.29, 0.717) is 35.4 Å². The summed E-state index contributed by atoms with van der Waals surface area (Å²) in [4.78, 5) is 12.5.